The van der Waals surface area contributed by atoms with Gasteiger partial charge in [-0.15, -0.1) is 0 Å². The molecule has 2 rings (SSSR count). The molecule has 8 heteroatoms. The molecule has 1 saturated heterocycles. The highest BCUT2D eigenvalue weighted by molar-refractivity contribution is 7.87. The fraction of sp³-hybridized carbons (Fsp3) is 0.667. The second-order valence-corrected chi connectivity index (χ2v) is 8.06. The van der Waals surface area contributed by atoms with Gasteiger partial charge >= 0.3 is 0 Å². The van der Waals surface area contributed by atoms with Gasteiger partial charge in [-0.25, -0.2) is 9.44 Å². The zero-order chi connectivity index (χ0) is 19.0. The Morgan fingerprint density at radius 1 is 1.12 bits per heavy atom. The molecule has 1 unspecified atom stereocenters. The van der Waals surface area contributed by atoms with Gasteiger partial charge in [-0.2, -0.15) is 8.42 Å². The highest BCUT2D eigenvalue weighted by Gasteiger charge is 2.27. The number of ether oxygens (including phenoxy) is 1. The van der Waals surface area contributed by atoms with Crippen LogP contribution in [0.3, 0.4) is 0 Å². The molecule has 1 atom stereocenters. The number of nitrogens with zero attached hydrogens (tertiary/aromatic N) is 2. The van der Waals surface area contributed by atoms with Gasteiger partial charge in [-0.1, -0.05) is 32.0 Å². The molecule has 26 heavy (non-hydrogen) atoms. The monoisotopic (exact) mass is 384 g/mol. The number of benzene rings is 1. The summed E-state index contributed by atoms with van der Waals surface area (Å²) in [4.78, 5) is 4.75. The number of likely N-dealkylation sites (N-methyl/N-ethyl adjacent to an activating group) is 1. The van der Waals surface area contributed by atoms with Crippen molar-refractivity contribution in [2.45, 2.75) is 26.3 Å². The van der Waals surface area contributed by atoms with Crippen LogP contribution in [0.25, 0.3) is 0 Å². The third kappa shape index (κ3) is 5.92. The molecule has 0 radical (unpaired) electrons. The maximum absolute atomic E-state index is 12.2. The number of hydrogen-bond acceptors (Lipinski definition) is 5. The lowest BCUT2D eigenvalue weighted by Gasteiger charge is -2.39. The summed E-state index contributed by atoms with van der Waals surface area (Å²) >= 11 is 0. The van der Waals surface area contributed by atoms with E-state index in [0.29, 0.717) is 13.1 Å². The quantitative estimate of drug-likeness (QED) is 0.634. The van der Waals surface area contributed by atoms with E-state index in [1.165, 1.54) is 0 Å². The second-order valence-electron chi connectivity index (χ2n) is 6.47. The highest BCUT2D eigenvalue weighted by Crippen LogP contribution is 2.29. The molecule has 2 N–H and O–H groups in total. The van der Waals surface area contributed by atoms with E-state index in [2.05, 4.69) is 26.2 Å². The van der Waals surface area contributed by atoms with E-state index in [4.69, 9.17) is 4.74 Å². The molecule has 0 amide bonds. The molecule has 1 heterocycles. The molecule has 0 bridgehead atoms. The summed E-state index contributed by atoms with van der Waals surface area (Å²) < 4.78 is 35.2. The number of hydrogen-bond donors (Lipinski definition) is 2. The predicted molar refractivity (Wildman–Crippen MR) is 105 cm³/mol. The number of methoxy groups -OCH3 is 1. The van der Waals surface area contributed by atoms with Gasteiger partial charge in [-0.05, 0) is 19.0 Å². The van der Waals surface area contributed by atoms with Crippen LogP contribution in [-0.2, 0) is 10.2 Å². The molecule has 0 saturated carbocycles. The maximum atomic E-state index is 12.2. The van der Waals surface area contributed by atoms with E-state index in [1.54, 1.807) is 7.11 Å². The molecular weight excluding hydrogens is 352 g/mol. The van der Waals surface area contributed by atoms with Crippen LogP contribution in [0.15, 0.2) is 24.3 Å². The van der Waals surface area contributed by atoms with E-state index in [-0.39, 0.29) is 6.04 Å². The van der Waals surface area contributed by atoms with Crippen molar-refractivity contribution in [3.63, 3.8) is 0 Å². The fourth-order valence-corrected chi connectivity index (χ4v) is 4.20. The summed E-state index contributed by atoms with van der Waals surface area (Å²) in [6.45, 7) is 9.68. The minimum absolute atomic E-state index is 0.0663. The average Bonchev–Trinajstić information content (AvgIpc) is 2.67. The lowest BCUT2D eigenvalue weighted by atomic mass is 10.0. The van der Waals surface area contributed by atoms with Crippen LogP contribution in [0.2, 0.25) is 0 Å². The van der Waals surface area contributed by atoms with Crippen LogP contribution in [0.5, 0.6) is 5.75 Å². The Labute approximate surface area is 157 Å². The van der Waals surface area contributed by atoms with Gasteiger partial charge in [0.2, 0.25) is 0 Å². The Balaban J connectivity index is 2.16. The summed E-state index contributed by atoms with van der Waals surface area (Å²) in [7, 11) is -1.85. The van der Waals surface area contributed by atoms with Gasteiger partial charge in [0.15, 0.2) is 0 Å². The van der Waals surface area contributed by atoms with Crippen molar-refractivity contribution in [1.82, 2.24) is 19.2 Å². The highest BCUT2D eigenvalue weighted by atomic mass is 32.2. The van der Waals surface area contributed by atoms with Crippen molar-refractivity contribution in [3.05, 3.63) is 29.8 Å². The molecule has 0 aromatic heterocycles. The van der Waals surface area contributed by atoms with E-state index in [1.807, 2.05) is 31.2 Å². The number of para-hydroxylation sites is 1. The number of piperazine rings is 1. The van der Waals surface area contributed by atoms with Crippen LogP contribution in [0.4, 0.5) is 0 Å². The van der Waals surface area contributed by atoms with Crippen molar-refractivity contribution in [3.8, 4) is 5.75 Å². The normalized spacial score (nSPS) is 18.0. The second kappa shape index (κ2) is 10.2. The van der Waals surface area contributed by atoms with E-state index < -0.39 is 10.2 Å². The molecule has 0 spiro atoms. The number of nitrogens with one attached hydrogen (secondary N) is 2. The molecule has 1 fully saturated rings. The third-order valence-electron chi connectivity index (χ3n) is 4.80. The summed E-state index contributed by atoms with van der Waals surface area (Å²) in [5.41, 5.74) is 1.01. The minimum Gasteiger partial charge on any atom is -0.496 e. The van der Waals surface area contributed by atoms with Gasteiger partial charge in [0.1, 0.15) is 5.75 Å². The first-order valence-corrected chi connectivity index (χ1v) is 10.8. The lowest BCUT2D eigenvalue weighted by molar-refractivity contribution is 0.0993. The topological polar surface area (TPSA) is 73.9 Å². The third-order valence-corrected chi connectivity index (χ3v) is 5.93. The Morgan fingerprint density at radius 3 is 2.42 bits per heavy atom. The van der Waals surface area contributed by atoms with Crippen LogP contribution in [-0.4, -0.2) is 71.1 Å². The molecule has 1 aromatic rings. The lowest BCUT2D eigenvalue weighted by Crippen LogP contribution is -2.50. The Bertz CT molecular complexity index is 646. The summed E-state index contributed by atoms with van der Waals surface area (Å²) in [6.07, 6.45) is 0.760. The van der Waals surface area contributed by atoms with Crippen LogP contribution < -0.4 is 14.2 Å². The minimum atomic E-state index is -3.50. The molecule has 1 aromatic carbocycles. The fourth-order valence-electron chi connectivity index (χ4n) is 3.24. The maximum Gasteiger partial charge on any atom is 0.276 e. The predicted octanol–water partition coefficient (Wildman–Crippen LogP) is 1.21. The van der Waals surface area contributed by atoms with Crippen molar-refractivity contribution < 1.29 is 13.2 Å². The van der Waals surface area contributed by atoms with Crippen molar-refractivity contribution in [1.29, 1.82) is 0 Å². The summed E-state index contributed by atoms with van der Waals surface area (Å²) in [6, 6.07) is 7.78. The van der Waals surface area contributed by atoms with Crippen molar-refractivity contribution >= 4 is 10.2 Å². The smallest absolute Gasteiger partial charge is 0.276 e. The van der Waals surface area contributed by atoms with Gasteiger partial charge in [0, 0.05) is 44.8 Å². The molecule has 1 aliphatic rings. The first kappa shape index (κ1) is 21.1. The van der Waals surface area contributed by atoms with E-state index in [0.717, 1.165) is 50.5 Å². The average molecular weight is 385 g/mol. The van der Waals surface area contributed by atoms with Crippen LogP contribution in [0, 0.1) is 0 Å². The Kier molecular flexibility index (Phi) is 8.30. The molecular formula is C18H32N4O3S. The Morgan fingerprint density at radius 2 is 1.81 bits per heavy atom. The standard InChI is InChI=1S/C18H32N4O3S/c1-4-10-19-26(23,24)20-15-17(16-8-6-7-9-18(16)25-3)22-13-11-21(5-2)12-14-22/h6-9,17,19-20H,4-5,10-15H2,1-3H3. The van der Waals surface area contributed by atoms with Gasteiger partial charge in [-0.3, -0.25) is 4.90 Å². The zero-order valence-corrected chi connectivity index (χ0v) is 16.9. The zero-order valence-electron chi connectivity index (χ0n) is 16.1. The van der Waals surface area contributed by atoms with E-state index >= 15 is 0 Å². The molecule has 1 aliphatic heterocycles. The summed E-state index contributed by atoms with van der Waals surface area (Å²) in [5, 5.41) is 0. The van der Waals surface area contributed by atoms with Crippen molar-refractivity contribution in [2.75, 3.05) is 52.9 Å². The first-order chi connectivity index (χ1) is 12.5. The molecule has 7 nitrogen and oxygen atoms in total. The van der Waals surface area contributed by atoms with Crippen LogP contribution in [0.1, 0.15) is 31.9 Å². The number of rotatable bonds is 10. The first-order valence-electron chi connectivity index (χ1n) is 9.34. The van der Waals surface area contributed by atoms with Gasteiger partial charge in [0.05, 0.1) is 13.2 Å². The molecule has 0 aliphatic carbocycles. The van der Waals surface area contributed by atoms with Crippen LogP contribution >= 0.6 is 0 Å². The van der Waals surface area contributed by atoms with E-state index in [9.17, 15) is 8.42 Å². The van der Waals surface area contributed by atoms with Gasteiger partial charge < -0.3 is 9.64 Å². The Hall–Kier alpha value is -1.19. The molecule has 148 valence electrons. The largest absolute Gasteiger partial charge is 0.496 e. The SMILES string of the molecule is CCCNS(=O)(=O)NCC(c1ccccc1OC)N1CCN(CC)CC1. The van der Waals surface area contributed by atoms with Gasteiger partial charge in [0.25, 0.3) is 10.2 Å². The summed E-state index contributed by atoms with van der Waals surface area (Å²) in [5.74, 6) is 0.788. The van der Waals surface area contributed by atoms with Crippen molar-refractivity contribution in [2.24, 2.45) is 0 Å².